The fourth-order valence-corrected chi connectivity index (χ4v) is 4.41. The number of carbonyl (C=O) groups is 2. The highest BCUT2D eigenvalue weighted by atomic mass is 16.5. The van der Waals surface area contributed by atoms with Crippen LogP contribution in [0.15, 0.2) is 66.5 Å². The highest BCUT2D eigenvalue weighted by Crippen LogP contribution is 2.43. The number of pyridine rings is 1. The van der Waals surface area contributed by atoms with E-state index in [1.54, 1.807) is 48.8 Å². The summed E-state index contributed by atoms with van der Waals surface area (Å²) in [6.45, 7) is 4.58. The van der Waals surface area contributed by atoms with Crippen LogP contribution >= 0.6 is 0 Å². The third-order valence-corrected chi connectivity index (χ3v) is 6.35. The molecule has 37 heavy (non-hydrogen) atoms. The molecule has 1 aromatic heterocycles. The molecule has 2 N–H and O–H groups in total. The van der Waals surface area contributed by atoms with Gasteiger partial charge in [0, 0.05) is 24.5 Å². The van der Waals surface area contributed by atoms with Crippen molar-refractivity contribution in [2.75, 3.05) is 13.7 Å². The standard InChI is InChI=1S/C29H30N2O6/c1-4-5-13-37-21-9-10-22(18(2)14-21)27(33)25-26(20-8-11-23(32)24(15-20)36-3)31(29(35)28(25)34)17-19-7-6-12-30-16-19/h6-12,14-16,26,32-33H,4-5,13,17H2,1-3H3/t26-/m1/s1. The van der Waals surface area contributed by atoms with Gasteiger partial charge in [-0.2, -0.15) is 0 Å². The highest BCUT2D eigenvalue weighted by molar-refractivity contribution is 6.46. The Morgan fingerprint density at radius 3 is 2.62 bits per heavy atom. The maximum atomic E-state index is 13.3. The number of phenols is 1. The maximum Gasteiger partial charge on any atom is 0.295 e. The van der Waals surface area contributed by atoms with E-state index in [1.807, 2.05) is 13.0 Å². The summed E-state index contributed by atoms with van der Waals surface area (Å²) in [5.41, 5.74) is 2.33. The fraction of sp³-hybridized carbons (Fsp3) is 0.276. The zero-order chi connectivity index (χ0) is 26.5. The molecule has 8 nitrogen and oxygen atoms in total. The molecule has 0 saturated carbocycles. The number of rotatable bonds is 9. The number of phenolic OH excluding ortho intramolecular Hbond substituents is 1. The first-order valence-corrected chi connectivity index (χ1v) is 12.1. The molecule has 2 aromatic carbocycles. The summed E-state index contributed by atoms with van der Waals surface area (Å²) in [5, 5.41) is 21.6. The van der Waals surface area contributed by atoms with Crippen LogP contribution in [0.4, 0.5) is 0 Å². The van der Waals surface area contributed by atoms with Crippen molar-refractivity contribution < 1.29 is 29.3 Å². The SMILES string of the molecule is CCCCOc1ccc(C(O)=C2C(=O)C(=O)N(Cc3cccnc3)[C@@H]2c2ccc(O)c(OC)c2)c(C)c1. The first kappa shape index (κ1) is 25.8. The summed E-state index contributed by atoms with van der Waals surface area (Å²) in [5.74, 6) is -1.03. The van der Waals surface area contributed by atoms with E-state index in [2.05, 4.69) is 11.9 Å². The number of ketones is 1. The maximum absolute atomic E-state index is 13.3. The normalized spacial score (nSPS) is 16.7. The van der Waals surface area contributed by atoms with Gasteiger partial charge < -0.3 is 24.6 Å². The van der Waals surface area contributed by atoms with Crippen LogP contribution in [0.25, 0.3) is 5.76 Å². The molecular weight excluding hydrogens is 472 g/mol. The van der Waals surface area contributed by atoms with Gasteiger partial charge in [-0.1, -0.05) is 25.5 Å². The van der Waals surface area contributed by atoms with Crippen molar-refractivity contribution in [3.8, 4) is 17.2 Å². The van der Waals surface area contributed by atoms with E-state index < -0.39 is 17.7 Å². The van der Waals surface area contributed by atoms with Crippen molar-refractivity contribution in [1.82, 2.24) is 9.88 Å². The van der Waals surface area contributed by atoms with Crippen LogP contribution in [0.1, 0.15) is 48.1 Å². The number of ether oxygens (including phenoxy) is 2. The largest absolute Gasteiger partial charge is 0.507 e. The summed E-state index contributed by atoms with van der Waals surface area (Å²) in [6, 6.07) is 12.5. The Morgan fingerprint density at radius 2 is 1.95 bits per heavy atom. The predicted molar refractivity (Wildman–Crippen MR) is 138 cm³/mol. The highest BCUT2D eigenvalue weighted by Gasteiger charge is 2.46. The number of hydrogen-bond donors (Lipinski definition) is 2. The molecule has 1 saturated heterocycles. The van der Waals surface area contributed by atoms with Gasteiger partial charge in [-0.15, -0.1) is 0 Å². The molecular formula is C29H30N2O6. The van der Waals surface area contributed by atoms with Crippen LogP contribution in [-0.4, -0.2) is 45.5 Å². The van der Waals surface area contributed by atoms with E-state index in [0.29, 0.717) is 29.0 Å². The zero-order valence-corrected chi connectivity index (χ0v) is 21.1. The molecule has 2 heterocycles. The van der Waals surface area contributed by atoms with Gasteiger partial charge in [0.15, 0.2) is 11.5 Å². The molecule has 3 aromatic rings. The van der Waals surface area contributed by atoms with Gasteiger partial charge in [0.05, 0.1) is 25.3 Å². The Morgan fingerprint density at radius 1 is 1.14 bits per heavy atom. The Hall–Kier alpha value is -4.33. The Labute approximate surface area is 215 Å². The van der Waals surface area contributed by atoms with Crippen molar-refractivity contribution in [1.29, 1.82) is 0 Å². The number of amides is 1. The summed E-state index contributed by atoms with van der Waals surface area (Å²) >= 11 is 0. The lowest BCUT2D eigenvalue weighted by atomic mass is 9.93. The van der Waals surface area contributed by atoms with Crippen LogP contribution in [0.2, 0.25) is 0 Å². The molecule has 1 aliphatic rings. The number of aromatic hydroxyl groups is 1. The average molecular weight is 503 g/mol. The van der Waals surface area contributed by atoms with Crippen LogP contribution in [-0.2, 0) is 16.1 Å². The van der Waals surface area contributed by atoms with Gasteiger partial charge in [-0.25, -0.2) is 0 Å². The molecule has 0 unspecified atom stereocenters. The second kappa shape index (κ2) is 11.2. The van der Waals surface area contributed by atoms with E-state index >= 15 is 0 Å². The number of hydrogen-bond acceptors (Lipinski definition) is 7. The number of aliphatic hydroxyl groups excluding tert-OH is 1. The summed E-state index contributed by atoms with van der Waals surface area (Å²) in [4.78, 5) is 32.1. The number of nitrogens with zero attached hydrogens (tertiary/aromatic N) is 2. The number of aromatic nitrogens is 1. The van der Waals surface area contributed by atoms with E-state index in [9.17, 15) is 19.8 Å². The molecule has 1 fully saturated rings. The molecule has 8 heteroatoms. The molecule has 1 aliphatic heterocycles. The van der Waals surface area contributed by atoms with Gasteiger partial charge in [0.25, 0.3) is 11.7 Å². The van der Waals surface area contributed by atoms with E-state index in [0.717, 1.165) is 18.4 Å². The topological polar surface area (TPSA) is 109 Å². The fourth-order valence-electron chi connectivity index (χ4n) is 4.41. The van der Waals surface area contributed by atoms with E-state index in [4.69, 9.17) is 9.47 Å². The third-order valence-electron chi connectivity index (χ3n) is 6.35. The van der Waals surface area contributed by atoms with Crippen molar-refractivity contribution in [3.63, 3.8) is 0 Å². The quantitative estimate of drug-likeness (QED) is 0.185. The Balaban J connectivity index is 1.82. The summed E-state index contributed by atoms with van der Waals surface area (Å²) < 4.78 is 11.0. The summed E-state index contributed by atoms with van der Waals surface area (Å²) in [7, 11) is 1.42. The van der Waals surface area contributed by atoms with Gasteiger partial charge in [0.1, 0.15) is 11.5 Å². The number of unbranched alkanes of at least 4 members (excludes halogenated alkanes) is 1. The number of aliphatic hydroxyl groups is 1. The molecule has 192 valence electrons. The molecule has 0 bridgehead atoms. The van der Waals surface area contributed by atoms with Gasteiger partial charge in [-0.3, -0.25) is 14.6 Å². The zero-order valence-electron chi connectivity index (χ0n) is 21.1. The Kier molecular flexibility index (Phi) is 7.77. The number of aryl methyl sites for hydroxylation is 1. The molecule has 0 aliphatic carbocycles. The lowest BCUT2D eigenvalue weighted by Gasteiger charge is -2.26. The number of benzene rings is 2. The summed E-state index contributed by atoms with van der Waals surface area (Å²) in [6.07, 6.45) is 5.18. The predicted octanol–water partition coefficient (Wildman–Crippen LogP) is 4.91. The van der Waals surface area contributed by atoms with Crippen LogP contribution in [0.5, 0.6) is 17.2 Å². The molecule has 1 atom stereocenters. The van der Waals surface area contributed by atoms with Crippen molar-refractivity contribution in [2.45, 2.75) is 39.3 Å². The Bertz CT molecular complexity index is 1340. The van der Waals surface area contributed by atoms with Crippen molar-refractivity contribution in [3.05, 3.63) is 88.8 Å². The first-order valence-electron chi connectivity index (χ1n) is 12.1. The number of likely N-dealkylation sites (tertiary alicyclic amines) is 1. The van der Waals surface area contributed by atoms with Gasteiger partial charge in [0.2, 0.25) is 0 Å². The molecule has 0 radical (unpaired) electrons. The number of carbonyl (C=O) groups excluding carboxylic acids is 2. The van der Waals surface area contributed by atoms with Crippen LogP contribution < -0.4 is 9.47 Å². The van der Waals surface area contributed by atoms with E-state index in [1.165, 1.54) is 18.1 Å². The van der Waals surface area contributed by atoms with Crippen molar-refractivity contribution in [2.24, 2.45) is 0 Å². The van der Waals surface area contributed by atoms with Crippen LogP contribution in [0.3, 0.4) is 0 Å². The van der Waals surface area contributed by atoms with Gasteiger partial charge >= 0.3 is 0 Å². The first-order chi connectivity index (χ1) is 17.8. The third kappa shape index (κ3) is 5.28. The molecule has 1 amide bonds. The van der Waals surface area contributed by atoms with Crippen molar-refractivity contribution >= 4 is 17.4 Å². The minimum Gasteiger partial charge on any atom is -0.507 e. The minimum absolute atomic E-state index is 0.0376. The monoisotopic (exact) mass is 502 g/mol. The van der Waals surface area contributed by atoms with Crippen LogP contribution in [0, 0.1) is 6.92 Å². The second-order valence-electron chi connectivity index (χ2n) is 8.90. The lowest BCUT2D eigenvalue weighted by molar-refractivity contribution is -0.140. The van der Waals surface area contributed by atoms with E-state index in [-0.39, 0.29) is 29.4 Å². The number of methoxy groups -OCH3 is 1. The minimum atomic E-state index is -0.908. The van der Waals surface area contributed by atoms with Gasteiger partial charge in [-0.05, 0) is 66.4 Å². The smallest absolute Gasteiger partial charge is 0.295 e. The molecule has 0 spiro atoms. The lowest BCUT2D eigenvalue weighted by Crippen LogP contribution is -2.29. The number of Topliss-reactive ketones (excluding diaryl/α,β-unsaturated/α-hetero) is 1. The molecule has 4 rings (SSSR count). The average Bonchev–Trinajstić information content (AvgIpc) is 3.14. The second-order valence-corrected chi connectivity index (χ2v) is 8.90.